The van der Waals surface area contributed by atoms with Gasteiger partial charge < -0.3 is 34.9 Å². The third kappa shape index (κ3) is 7.81. The minimum absolute atomic E-state index is 0.501. The molecule has 2 unspecified atom stereocenters. The summed E-state index contributed by atoms with van der Waals surface area (Å²) in [5.41, 5.74) is 2.05. The Kier molecular flexibility index (Phi) is 9.53. The normalized spacial score (nSPS) is 17.7. The molecule has 9 nitrogen and oxygen atoms in total. The number of hydrogen-bond donors (Lipinski definition) is 4. The highest BCUT2D eigenvalue weighted by Crippen LogP contribution is 2.37. The summed E-state index contributed by atoms with van der Waals surface area (Å²) in [7, 11) is 3.33. The van der Waals surface area contributed by atoms with Gasteiger partial charge in [0.05, 0.1) is 19.6 Å². The maximum Gasteiger partial charge on any atom is 0.156 e. The predicted octanol–water partition coefficient (Wildman–Crippen LogP) is 4.11. The Bertz CT molecular complexity index is 1100. The Hall–Kier alpha value is -2.88. The van der Waals surface area contributed by atoms with Gasteiger partial charge in [0, 0.05) is 36.5 Å². The van der Waals surface area contributed by atoms with Crippen LogP contribution < -0.4 is 20.1 Å². The third-order valence-corrected chi connectivity index (χ3v) is 6.17. The summed E-state index contributed by atoms with van der Waals surface area (Å²) in [5.74, 6) is 1.65. The average Bonchev–Trinajstić information content (AvgIpc) is 3.47. The van der Waals surface area contributed by atoms with E-state index >= 15 is 0 Å². The van der Waals surface area contributed by atoms with Crippen molar-refractivity contribution in [2.24, 2.45) is 5.92 Å². The molecule has 0 radical (unpaired) electrons. The van der Waals surface area contributed by atoms with E-state index < -0.39 is 5.79 Å². The highest BCUT2D eigenvalue weighted by Gasteiger charge is 2.27. The standard InChI is InChI=1S/C24H33N5O2.C3H8O2/c1-16(2)25-13-17-5-7-19(11-17)29-10-9-21-23(27-15-28-24(21)29)26-14-18-6-8-20(30-3)12-22(18)31-4;1-3(2,4)5/h6,8-10,12,15-17,19,25H,5,7,11,13-14H2,1-4H3,(H,26,27,28);4-5H,1-2H3. The SMILES string of the molecule is CC(C)(O)O.COc1ccc(CNc2ncnc3c2ccn3C2CCC(CNC(C)C)C2)c(OC)c1. The van der Waals surface area contributed by atoms with Crippen molar-refractivity contribution in [3.8, 4) is 11.5 Å². The summed E-state index contributed by atoms with van der Waals surface area (Å²) in [5, 5.41) is 24.3. The molecule has 1 saturated carbocycles. The van der Waals surface area contributed by atoms with Gasteiger partial charge >= 0.3 is 0 Å². The molecule has 2 atom stereocenters. The number of aromatic nitrogens is 3. The van der Waals surface area contributed by atoms with Gasteiger partial charge in [0.25, 0.3) is 0 Å². The molecule has 1 aromatic carbocycles. The Labute approximate surface area is 213 Å². The third-order valence-electron chi connectivity index (χ3n) is 6.17. The molecule has 0 amide bonds. The van der Waals surface area contributed by atoms with E-state index in [4.69, 9.17) is 19.7 Å². The maximum atomic E-state index is 8.08. The van der Waals surface area contributed by atoms with E-state index in [0.717, 1.165) is 46.4 Å². The van der Waals surface area contributed by atoms with Crippen LogP contribution in [0.2, 0.25) is 0 Å². The monoisotopic (exact) mass is 499 g/mol. The van der Waals surface area contributed by atoms with Crippen molar-refractivity contribution in [2.45, 2.75) is 71.4 Å². The lowest BCUT2D eigenvalue weighted by atomic mass is 10.1. The van der Waals surface area contributed by atoms with Crippen LogP contribution in [0, 0.1) is 5.92 Å². The second-order valence-electron chi connectivity index (χ2n) is 10.1. The topological polar surface area (TPSA) is 114 Å². The summed E-state index contributed by atoms with van der Waals surface area (Å²) in [6.45, 7) is 8.72. The Morgan fingerprint density at radius 3 is 2.53 bits per heavy atom. The second-order valence-corrected chi connectivity index (χ2v) is 10.1. The lowest BCUT2D eigenvalue weighted by molar-refractivity contribution is -0.127. The molecule has 1 aliphatic carbocycles. The largest absolute Gasteiger partial charge is 0.497 e. The van der Waals surface area contributed by atoms with Gasteiger partial charge in [-0.2, -0.15) is 0 Å². The van der Waals surface area contributed by atoms with Crippen LogP contribution in [0.1, 0.15) is 58.6 Å². The molecule has 1 fully saturated rings. The van der Waals surface area contributed by atoms with Crippen LogP contribution in [0.4, 0.5) is 5.82 Å². The number of fused-ring (bicyclic) bond motifs is 1. The van der Waals surface area contributed by atoms with Crippen molar-refractivity contribution in [3.63, 3.8) is 0 Å². The number of benzene rings is 1. The van der Waals surface area contributed by atoms with Gasteiger partial charge in [-0.25, -0.2) is 9.97 Å². The molecule has 0 saturated heterocycles. The van der Waals surface area contributed by atoms with Crippen LogP contribution >= 0.6 is 0 Å². The molecule has 2 aromatic heterocycles. The highest BCUT2D eigenvalue weighted by atomic mass is 16.5. The number of ether oxygens (including phenoxy) is 2. The fraction of sp³-hybridized carbons (Fsp3) is 0.556. The number of hydrogen-bond acceptors (Lipinski definition) is 8. The zero-order valence-electron chi connectivity index (χ0n) is 22.3. The molecule has 198 valence electrons. The number of methoxy groups -OCH3 is 2. The van der Waals surface area contributed by atoms with E-state index in [2.05, 4.69) is 51.3 Å². The molecule has 9 heteroatoms. The van der Waals surface area contributed by atoms with Gasteiger partial charge in [-0.05, 0) is 63.8 Å². The molecule has 4 N–H and O–H groups in total. The first-order valence-corrected chi connectivity index (χ1v) is 12.5. The number of rotatable bonds is 9. The van der Waals surface area contributed by atoms with E-state index in [1.807, 2.05) is 18.2 Å². The zero-order valence-corrected chi connectivity index (χ0v) is 22.3. The van der Waals surface area contributed by atoms with E-state index in [9.17, 15) is 0 Å². The van der Waals surface area contributed by atoms with Gasteiger partial charge in [-0.15, -0.1) is 0 Å². The molecule has 0 aliphatic heterocycles. The second kappa shape index (κ2) is 12.4. The quantitative estimate of drug-likeness (QED) is 0.325. The molecule has 2 heterocycles. The summed E-state index contributed by atoms with van der Waals surface area (Å²) in [6.07, 6.45) is 7.47. The summed E-state index contributed by atoms with van der Waals surface area (Å²) in [6, 6.07) is 9.02. The number of nitrogens with one attached hydrogen (secondary N) is 2. The van der Waals surface area contributed by atoms with Crippen molar-refractivity contribution >= 4 is 16.9 Å². The molecular formula is C27H41N5O4. The molecule has 0 spiro atoms. The molecule has 0 bridgehead atoms. The molecule has 36 heavy (non-hydrogen) atoms. The van der Waals surface area contributed by atoms with Gasteiger partial charge in [0.2, 0.25) is 0 Å². The van der Waals surface area contributed by atoms with Crippen molar-refractivity contribution in [1.82, 2.24) is 19.9 Å². The summed E-state index contributed by atoms with van der Waals surface area (Å²) < 4.78 is 13.1. The average molecular weight is 500 g/mol. The van der Waals surface area contributed by atoms with Gasteiger partial charge in [0.1, 0.15) is 29.3 Å². The van der Waals surface area contributed by atoms with Crippen LogP contribution in [0.5, 0.6) is 11.5 Å². The van der Waals surface area contributed by atoms with E-state index in [1.165, 1.54) is 33.1 Å². The van der Waals surface area contributed by atoms with Crippen molar-refractivity contribution < 1.29 is 19.7 Å². The first kappa shape index (κ1) is 27.7. The molecule has 1 aliphatic rings. The Balaban J connectivity index is 0.000000658. The van der Waals surface area contributed by atoms with Crippen molar-refractivity contribution in [2.75, 3.05) is 26.1 Å². The fourth-order valence-corrected chi connectivity index (χ4v) is 4.47. The van der Waals surface area contributed by atoms with Crippen molar-refractivity contribution in [3.05, 3.63) is 42.4 Å². The lowest BCUT2D eigenvalue weighted by Crippen LogP contribution is -2.28. The molecular weight excluding hydrogens is 458 g/mol. The van der Waals surface area contributed by atoms with E-state index in [0.29, 0.717) is 18.6 Å². The highest BCUT2D eigenvalue weighted by molar-refractivity contribution is 5.87. The lowest BCUT2D eigenvalue weighted by Gasteiger charge is -2.16. The minimum Gasteiger partial charge on any atom is -0.497 e. The predicted molar refractivity (Wildman–Crippen MR) is 142 cm³/mol. The fourth-order valence-electron chi connectivity index (χ4n) is 4.47. The van der Waals surface area contributed by atoms with Crippen LogP contribution in [-0.4, -0.2) is 57.3 Å². The summed E-state index contributed by atoms with van der Waals surface area (Å²) >= 11 is 0. The number of anilines is 1. The van der Waals surface area contributed by atoms with Crippen LogP contribution in [0.15, 0.2) is 36.8 Å². The van der Waals surface area contributed by atoms with Gasteiger partial charge in [-0.1, -0.05) is 13.8 Å². The smallest absolute Gasteiger partial charge is 0.156 e. The molecule has 3 aromatic rings. The van der Waals surface area contributed by atoms with Crippen LogP contribution in [0.3, 0.4) is 0 Å². The first-order valence-electron chi connectivity index (χ1n) is 12.5. The maximum absolute atomic E-state index is 8.08. The van der Waals surface area contributed by atoms with E-state index in [1.54, 1.807) is 20.5 Å². The number of aliphatic hydroxyl groups is 2. The first-order chi connectivity index (χ1) is 17.1. The Morgan fingerprint density at radius 2 is 1.86 bits per heavy atom. The van der Waals surface area contributed by atoms with Crippen LogP contribution in [-0.2, 0) is 6.54 Å². The van der Waals surface area contributed by atoms with Gasteiger partial charge in [-0.3, -0.25) is 0 Å². The molecule has 4 rings (SSSR count). The zero-order chi connectivity index (χ0) is 26.3. The van der Waals surface area contributed by atoms with Gasteiger partial charge in [0.15, 0.2) is 5.79 Å². The Morgan fingerprint density at radius 1 is 1.11 bits per heavy atom. The van der Waals surface area contributed by atoms with E-state index in [-0.39, 0.29) is 0 Å². The minimum atomic E-state index is -1.50. The van der Waals surface area contributed by atoms with Crippen molar-refractivity contribution in [1.29, 1.82) is 0 Å². The summed E-state index contributed by atoms with van der Waals surface area (Å²) in [4.78, 5) is 9.12. The van der Waals surface area contributed by atoms with Crippen LogP contribution in [0.25, 0.3) is 11.0 Å². The number of nitrogens with zero attached hydrogens (tertiary/aromatic N) is 3.